The van der Waals surface area contributed by atoms with E-state index in [2.05, 4.69) is 64.6 Å². The van der Waals surface area contributed by atoms with Crippen LogP contribution in [0.3, 0.4) is 0 Å². The molecule has 0 N–H and O–H groups in total. The van der Waals surface area contributed by atoms with Crippen LogP contribution >= 0.6 is 68.5 Å². The number of aryl methyl sites for hydroxylation is 2. The van der Waals surface area contributed by atoms with E-state index in [1.54, 1.807) is 22.7 Å². The summed E-state index contributed by atoms with van der Waals surface area (Å²) in [6.07, 6.45) is 0. The summed E-state index contributed by atoms with van der Waals surface area (Å²) in [6, 6.07) is 0. The third-order valence-electron chi connectivity index (χ3n) is 5.83. The maximum atomic E-state index is 6.05. The number of anilines is 2. The highest BCUT2D eigenvalue weighted by molar-refractivity contribution is 14.1. The first kappa shape index (κ1) is 30.5. The molecular weight excluding hydrogens is 666 g/mol. The smallest absolute Gasteiger partial charge is 0.224 e. The van der Waals surface area contributed by atoms with Gasteiger partial charge in [-0.05, 0) is 76.1 Å². The SMILES string of the molecule is C.C.Cc1c(I)sc2c(N3CCOCC3)nc(Cl)nc12.Cc1csc2c(N3CCOCC3)nc(Cl)nc12. The molecule has 37 heavy (non-hydrogen) atoms. The molecule has 2 aliphatic rings. The molecule has 0 aromatic carbocycles. The summed E-state index contributed by atoms with van der Waals surface area (Å²) >= 11 is 17.8. The van der Waals surface area contributed by atoms with Crippen molar-refractivity contribution < 1.29 is 9.47 Å². The van der Waals surface area contributed by atoms with Crippen LogP contribution in [0.25, 0.3) is 20.4 Å². The topological polar surface area (TPSA) is 76.5 Å². The van der Waals surface area contributed by atoms with Crippen molar-refractivity contribution in [2.24, 2.45) is 0 Å². The van der Waals surface area contributed by atoms with Gasteiger partial charge in [0.25, 0.3) is 0 Å². The van der Waals surface area contributed by atoms with E-state index in [0.717, 1.165) is 90.2 Å². The lowest BCUT2D eigenvalue weighted by atomic mass is 10.3. The molecule has 0 amide bonds. The third-order valence-corrected chi connectivity index (χ3v) is 9.79. The maximum absolute atomic E-state index is 6.05. The van der Waals surface area contributed by atoms with Crippen molar-refractivity contribution in [1.29, 1.82) is 0 Å². The van der Waals surface area contributed by atoms with Gasteiger partial charge in [0.2, 0.25) is 10.6 Å². The summed E-state index contributed by atoms with van der Waals surface area (Å²) in [5.41, 5.74) is 4.29. The number of aromatic nitrogens is 4. The van der Waals surface area contributed by atoms with Crippen LogP contribution < -0.4 is 9.80 Å². The van der Waals surface area contributed by atoms with Gasteiger partial charge in [0.15, 0.2) is 11.6 Å². The lowest BCUT2D eigenvalue weighted by Crippen LogP contribution is -2.36. The second-order valence-corrected chi connectivity index (χ2v) is 12.5. The minimum atomic E-state index is 0. The Labute approximate surface area is 249 Å². The zero-order chi connectivity index (χ0) is 24.5. The van der Waals surface area contributed by atoms with Crippen LogP contribution in [-0.4, -0.2) is 72.5 Å². The van der Waals surface area contributed by atoms with Crippen LogP contribution in [0.15, 0.2) is 5.38 Å². The van der Waals surface area contributed by atoms with Crippen LogP contribution in [-0.2, 0) is 9.47 Å². The normalized spacial score (nSPS) is 15.7. The van der Waals surface area contributed by atoms with Gasteiger partial charge in [0.1, 0.15) is 0 Å². The number of nitrogens with zero attached hydrogens (tertiary/aromatic N) is 6. The van der Waals surface area contributed by atoms with Crippen molar-refractivity contribution in [2.45, 2.75) is 28.7 Å². The Morgan fingerprint density at radius 1 is 0.784 bits per heavy atom. The van der Waals surface area contributed by atoms with Crippen LogP contribution in [0.1, 0.15) is 26.0 Å². The van der Waals surface area contributed by atoms with Crippen molar-refractivity contribution in [2.75, 3.05) is 62.4 Å². The quantitative estimate of drug-likeness (QED) is 0.166. The minimum absolute atomic E-state index is 0. The third kappa shape index (κ3) is 6.56. The molecule has 0 bridgehead atoms. The fourth-order valence-corrected chi connectivity index (χ4v) is 7.23. The molecule has 0 spiro atoms. The Morgan fingerprint density at radius 2 is 1.27 bits per heavy atom. The summed E-state index contributed by atoms with van der Waals surface area (Å²) in [6.45, 7) is 10.5. The van der Waals surface area contributed by atoms with Crippen LogP contribution in [0.5, 0.6) is 0 Å². The van der Waals surface area contributed by atoms with E-state index >= 15 is 0 Å². The second-order valence-electron chi connectivity index (χ2n) is 8.11. The van der Waals surface area contributed by atoms with Gasteiger partial charge in [-0.2, -0.15) is 9.97 Å². The van der Waals surface area contributed by atoms with E-state index < -0.39 is 0 Å². The summed E-state index contributed by atoms with van der Waals surface area (Å²) < 4.78 is 14.2. The van der Waals surface area contributed by atoms with Crippen LogP contribution in [0.4, 0.5) is 11.6 Å². The van der Waals surface area contributed by atoms with Gasteiger partial charge in [-0.1, -0.05) is 14.9 Å². The number of morpholine rings is 2. The molecule has 0 atom stereocenters. The van der Waals surface area contributed by atoms with E-state index in [0.29, 0.717) is 10.6 Å². The summed E-state index contributed by atoms with van der Waals surface area (Å²) in [5.74, 6) is 1.89. The van der Waals surface area contributed by atoms with Crippen molar-refractivity contribution in [3.63, 3.8) is 0 Å². The molecule has 2 aliphatic heterocycles. The average Bonchev–Trinajstić information content (AvgIpc) is 3.38. The van der Waals surface area contributed by atoms with Crippen molar-refractivity contribution in [3.05, 3.63) is 30.0 Å². The molecule has 0 aliphatic carbocycles. The Morgan fingerprint density at radius 3 is 1.81 bits per heavy atom. The summed E-state index contributed by atoms with van der Waals surface area (Å²) in [7, 11) is 0. The fourth-order valence-electron chi connectivity index (χ4n) is 3.99. The first-order valence-corrected chi connectivity index (χ1v) is 14.6. The first-order valence-electron chi connectivity index (χ1n) is 11.1. The average molecular weight is 697 g/mol. The fraction of sp³-hybridized carbons (Fsp3) is 0.500. The Kier molecular flexibility index (Phi) is 11.0. The Hall–Kier alpha value is -1.09. The molecule has 0 radical (unpaired) electrons. The highest BCUT2D eigenvalue weighted by atomic mass is 127. The van der Waals surface area contributed by atoms with Gasteiger partial charge < -0.3 is 19.3 Å². The van der Waals surface area contributed by atoms with Gasteiger partial charge in [0.05, 0.1) is 49.7 Å². The number of hydrogen-bond donors (Lipinski definition) is 0. The van der Waals surface area contributed by atoms with Crippen molar-refractivity contribution >= 4 is 101 Å². The van der Waals surface area contributed by atoms with E-state index in [4.69, 9.17) is 32.7 Å². The molecule has 0 saturated carbocycles. The number of thiophene rings is 2. The molecule has 6 rings (SSSR count). The van der Waals surface area contributed by atoms with Crippen molar-refractivity contribution in [3.8, 4) is 0 Å². The molecule has 202 valence electrons. The highest BCUT2D eigenvalue weighted by Gasteiger charge is 2.21. The van der Waals surface area contributed by atoms with E-state index in [1.807, 2.05) is 6.92 Å². The number of hydrogen-bond acceptors (Lipinski definition) is 10. The second kappa shape index (κ2) is 13.3. The standard InChI is InChI=1S/C11H11ClIN3OS.C11H12ClN3OS.2CH4/c1-6-7-8(18-9(6)13)10(15-11(12)14-7)16-2-4-17-5-3-16;1-7-6-17-9-8(7)13-11(12)14-10(9)15-2-4-16-5-3-15;;/h2-5H2,1H3;6H,2-5H2,1H3;2*1H4. The Bertz CT molecular complexity index is 1360. The molecule has 2 saturated heterocycles. The first-order chi connectivity index (χ1) is 16.9. The predicted octanol–water partition coefficient (Wildman–Crippen LogP) is 6.86. The molecule has 4 aromatic rings. The zero-order valence-electron chi connectivity index (χ0n) is 19.2. The van der Waals surface area contributed by atoms with E-state index in [9.17, 15) is 0 Å². The largest absolute Gasteiger partial charge is 0.378 e. The monoisotopic (exact) mass is 696 g/mol. The van der Waals surface area contributed by atoms with Gasteiger partial charge in [-0.3, -0.25) is 0 Å². The predicted molar refractivity (Wildman–Crippen MR) is 167 cm³/mol. The molecule has 13 heteroatoms. The van der Waals surface area contributed by atoms with E-state index in [-0.39, 0.29) is 14.9 Å². The summed E-state index contributed by atoms with van der Waals surface area (Å²) in [4.78, 5) is 21.9. The number of rotatable bonds is 2. The van der Waals surface area contributed by atoms with Gasteiger partial charge in [-0.15, -0.1) is 22.7 Å². The van der Waals surface area contributed by atoms with Crippen LogP contribution in [0, 0.1) is 16.7 Å². The van der Waals surface area contributed by atoms with Gasteiger partial charge in [-0.25, -0.2) is 9.97 Å². The zero-order valence-corrected chi connectivity index (χ0v) is 24.5. The maximum Gasteiger partial charge on any atom is 0.224 e. The van der Waals surface area contributed by atoms with Crippen LogP contribution in [0.2, 0.25) is 10.6 Å². The Balaban J connectivity index is 0.000000195. The molecule has 2 fully saturated rings. The lowest BCUT2D eigenvalue weighted by molar-refractivity contribution is 0.122. The number of halogens is 3. The molecular formula is C24H31Cl2IN6O2S2. The summed E-state index contributed by atoms with van der Waals surface area (Å²) in [5, 5.41) is 2.74. The minimum Gasteiger partial charge on any atom is -0.378 e. The van der Waals surface area contributed by atoms with Crippen molar-refractivity contribution in [1.82, 2.24) is 19.9 Å². The van der Waals surface area contributed by atoms with Gasteiger partial charge >= 0.3 is 0 Å². The highest BCUT2D eigenvalue weighted by Crippen LogP contribution is 2.37. The lowest BCUT2D eigenvalue weighted by Gasteiger charge is -2.28. The van der Waals surface area contributed by atoms with Gasteiger partial charge in [0, 0.05) is 26.2 Å². The number of fused-ring (bicyclic) bond motifs is 2. The van der Waals surface area contributed by atoms with E-state index in [1.165, 1.54) is 8.45 Å². The molecule has 6 heterocycles. The molecule has 8 nitrogen and oxygen atoms in total. The molecule has 0 unspecified atom stereocenters. The molecule has 4 aromatic heterocycles. The number of ether oxygens (including phenoxy) is 2.